The zero-order valence-electron chi connectivity index (χ0n) is 12.8. The molecule has 6 heteroatoms. The lowest BCUT2D eigenvalue weighted by Gasteiger charge is -2.10. The van der Waals surface area contributed by atoms with Gasteiger partial charge in [-0.2, -0.15) is 0 Å². The third-order valence-electron chi connectivity index (χ3n) is 3.54. The van der Waals surface area contributed by atoms with Gasteiger partial charge in [-0.15, -0.1) is 0 Å². The molecular formula is C19H12ClF2NO2. The van der Waals surface area contributed by atoms with Crippen LogP contribution in [0.1, 0.15) is 15.9 Å². The van der Waals surface area contributed by atoms with Crippen LogP contribution in [0.2, 0.25) is 5.02 Å². The number of carbonyl (C=O) groups is 1. The Morgan fingerprint density at radius 3 is 2.24 bits per heavy atom. The fraction of sp³-hybridized carbons (Fsp3) is 0. The normalized spacial score (nSPS) is 10.5. The van der Waals surface area contributed by atoms with E-state index >= 15 is 0 Å². The number of ketones is 1. The number of carbonyl (C=O) groups excluding carboxylic acids is 1. The third-order valence-corrected chi connectivity index (χ3v) is 3.85. The highest BCUT2D eigenvalue weighted by atomic mass is 35.5. The molecule has 0 aliphatic carbocycles. The van der Waals surface area contributed by atoms with Crippen LogP contribution in [0, 0.1) is 11.6 Å². The highest BCUT2D eigenvalue weighted by Crippen LogP contribution is 2.27. The van der Waals surface area contributed by atoms with Crippen LogP contribution in [0.5, 0.6) is 5.75 Å². The van der Waals surface area contributed by atoms with E-state index in [4.69, 9.17) is 11.6 Å². The van der Waals surface area contributed by atoms with Crippen LogP contribution in [-0.4, -0.2) is 10.9 Å². The molecule has 0 fully saturated rings. The minimum Gasteiger partial charge on any atom is -0.508 e. The molecule has 0 spiro atoms. The van der Waals surface area contributed by atoms with Gasteiger partial charge >= 0.3 is 0 Å². The largest absolute Gasteiger partial charge is 0.508 e. The summed E-state index contributed by atoms with van der Waals surface area (Å²) in [5.41, 5.74) is 1.08. The van der Waals surface area contributed by atoms with Gasteiger partial charge in [-0.05, 0) is 60.7 Å². The van der Waals surface area contributed by atoms with Crippen molar-refractivity contribution in [1.29, 1.82) is 0 Å². The van der Waals surface area contributed by atoms with Crippen molar-refractivity contribution in [2.45, 2.75) is 0 Å². The Balaban J connectivity index is 1.87. The average Bonchev–Trinajstić information content (AvgIpc) is 2.59. The molecule has 3 nitrogen and oxygen atoms in total. The van der Waals surface area contributed by atoms with Gasteiger partial charge in [0.15, 0.2) is 5.78 Å². The number of halogens is 3. The number of anilines is 2. The Morgan fingerprint density at radius 2 is 1.56 bits per heavy atom. The van der Waals surface area contributed by atoms with Gasteiger partial charge in [0, 0.05) is 16.9 Å². The number of phenols is 1. The number of hydrogen-bond acceptors (Lipinski definition) is 3. The molecule has 3 aromatic rings. The number of nitrogens with one attached hydrogen (secondary N) is 1. The first-order valence-electron chi connectivity index (χ1n) is 7.29. The second-order valence-corrected chi connectivity index (χ2v) is 5.73. The molecule has 0 saturated heterocycles. The summed E-state index contributed by atoms with van der Waals surface area (Å²) >= 11 is 6.15. The van der Waals surface area contributed by atoms with E-state index in [9.17, 15) is 18.7 Å². The molecule has 0 bridgehead atoms. The molecule has 126 valence electrons. The number of hydrogen-bond donors (Lipinski definition) is 2. The van der Waals surface area contributed by atoms with Crippen molar-refractivity contribution in [3.05, 3.63) is 88.4 Å². The summed E-state index contributed by atoms with van der Waals surface area (Å²) in [5.74, 6) is -1.94. The van der Waals surface area contributed by atoms with E-state index in [1.165, 1.54) is 24.3 Å². The maximum atomic E-state index is 13.8. The van der Waals surface area contributed by atoms with Gasteiger partial charge in [0.05, 0.1) is 10.6 Å². The second-order valence-electron chi connectivity index (χ2n) is 5.32. The predicted molar refractivity (Wildman–Crippen MR) is 92.6 cm³/mol. The van der Waals surface area contributed by atoms with E-state index in [2.05, 4.69) is 5.32 Å². The van der Waals surface area contributed by atoms with E-state index in [0.717, 1.165) is 18.2 Å². The van der Waals surface area contributed by atoms with Crippen LogP contribution in [0.15, 0.2) is 60.7 Å². The number of phenolic OH excluding ortho intramolecular Hbond substituents is 1. The molecule has 0 amide bonds. The van der Waals surface area contributed by atoms with Crippen LogP contribution in [0.4, 0.5) is 20.2 Å². The van der Waals surface area contributed by atoms with Gasteiger partial charge in [-0.1, -0.05) is 11.6 Å². The zero-order valence-corrected chi connectivity index (χ0v) is 13.5. The molecule has 25 heavy (non-hydrogen) atoms. The standard InChI is InChI=1S/C19H12ClF2NO2/c20-17-9-13(23-12-3-1-11(21)2-4-12)5-7-15(17)19(25)16-10-14(24)6-8-18(16)22/h1-10,23-24H. The first-order valence-corrected chi connectivity index (χ1v) is 7.67. The van der Waals surface area contributed by atoms with Crippen molar-refractivity contribution < 1.29 is 18.7 Å². The fourth-order valence-electron chi connectivity index (χ4n) is 2.31. The molecule has 2 N–H and O–H groups in total. The van der Waals surface area contributed by atoms with Crippen LogP contribution in [0.25, 0.3) is 0 Å². The number of rotatable bonds is 4. The Labute approximate surface area is 147 Å². The first kappa shape index (κ1) is 16.9. The van der Waals surface area contributed by atoms with Crippen molar-refractivity contribution in [2.75, 3.05) is 5.32 Å². The van der Waals surface area contributed by atoms with E-state index in [1.54, 1.807) is 18.2 Å². The lowest BCUT2D eigenvalue weighted by atomic mass is 10.0. The summed E-state index contributed by atoms with van der Waals surface area (Å²) in [5, 5.41) is 12.6. The van der Waals surface area contributed by atoms with Gasteiger partial charge in [-0.25, -0.2) is 8.78 Å². The highest BCUT2D eigenvalue weighted by Gasteiger charge is 2.18. The van der Waals surface area contributed by atoms with Crippen LogP contribution in [0.3, 0.4) is 0 Å². The highest BCUT2D eigenvalue weighted by molar-refractivity contribution is 6.35. The van der Waals surface area contributed by atoms with Crippen molar-refractivity contribution in [3.8, 4) is 5.75 Å². The second kappa shape index (κ2) is 6.91. The molecule has 0 atom stereocenters. The zero-order chi connectivity index (χ0) is 18.0. The van der Waals surface area contributed by atoms with Gasteiger partial charge in [0.1, 0.15) is 17.4 Å². The lowest BCUT2D eigenvalue weighted by Crippen LogP contribution is -2.05. The topological polar surface area (TPSA) is 49.3 Å². The molecule has 3 aromatic carbocycles. The van der Waals surface area contributed by atoms with E-state index in [0.29, 0.717) is 11.4 Å². The Bertz CT molecular complexity index is 943. The number of benzene rings is 3. The molecule has 0 heterocycles. The predicted octanol–water partition coefficient (Wildman–Crippen LogP) is 5.30. The van der Waals surface area contributed by atoms with Crippen molar-refractivity contribution in [1.82, 2.24) is 0 Å². The monoisotopic (exact) mass is 359 g/mol. The molecule has 0 aliphatic heterocycles. The fourth-order valence-corrected chi connectivity index (χ4v) is 2.58. The lowest BCUT2D eigenvalue weighted by molar-refractivity contribution is 0.103. The molecule has 3 rings (SSSR count). The smallest absolute Gasteiger partial charge is 0.197 e. The Morgan fingerprint density at radius 1 is 0.880 bits per heavy atom. The van der Waals surface area contributed by atoms with Crippen LogP contribution < -0.4 is 5.32 Å². The average molecular weight is 360 g/mol. The molecular weight excluding hydrogens is 348 g/mol. The van der Waals surface area contributed by atoms with Gasteiger partial charge in [-0.3, -0.25) is 4.79 Å². The quantitative estimate of drug-likeness (QED) is 0.621. The number of aromatic hydroxyl groups is 1. The van der Waals surface area contributed by atoms with Gasteiger partial charge in [0.2, 0.25) is 0 Å². The SMILES string of the molecule is O=C(c1cc(O)ccc1F)c1ccc(Nc2ccc(F)cc2)cc1Cl. The van der Waals surface area contributed by atoms with Crippen molar-refractivity contribution in [3.63, 3.8) is 0 Å². The van der Waals surface area contributed by atoms with Crippen molar-refractivity contribution >= 4 is 28.8 Å². The van der Waals surface area contributed by atoms with E-state index < -0.39 is 11.6 Å². The summed E-state index contributed by atoms with van der Waals surface area (Å²) in [7, 11) is 0. The summed E-state index contributed by atoms with van der Waals surface area (Å²) < 4.78 is 26.7. The summed E-state index contributed by atoms with van der Waals surface area (Å²) in [6.45, 7) is 0. The molecule has 0 saturated carbocycles. The van der Waals surface area contributed by atoms with Gasteiger partial charge < -0.3 is 10.4 Å². The van der Waals surface area contributed by atoms with Crippen LogP contribution >= 0.6 is 11.6 Å². The maximum Gasteiger partial charge on any atom is 0.197 e. The van der Waals surface area contributed by atoms with E-state index in [-0.39, 0.29) is 27.7 Å². The minimum absolute atomic E-state index is 0.107. The molecule has 0 radical (unpaired) electrons. The maximum absolute atomic E-state index is 13.8. The summed E-state index contributed by atoms with van der Waals surface area (Å²) in [6.07, 6.45) is 0. The third kappa shape index (κ3) is 3.78. The summed E-state index contributed by atoms with van der Waals surface area (Å²) in [6, 6.07) is 13.5. The van der Waals surface area contributed by atoms with E-state index in [1.807, 2.05) is 0 Å². The van der Waals surface area contributed by atoms with Gasteiger partial charge in [0.25, 0.3) is 0 Å². The first-order chi connectivity index (χ1) is 11.9. The molecule has 0 aromatic heterocycles. The van der Waals surface area contributed by atoms with Crippen LogP contribution in [-0.2, 0) is 0 Å². The molecule has 0 aliphatic rings. The Hall–Kier alpha value is -2.92. The Kier molecular flexibility index (Phi) is 4.67. The summed E-state index contributed by atoms with van der Waals surface area (Å²) in [4.78, 5) is 12.4. The minimum atomic E-state index is -0.743. The van der Waals surface area contributed by atoms with Crippen molar-refractivity contribution in [2.24, 2.45) is 0 Å². The molecule has 0 unspecified atom stereocenters.